The molecule has 150 valence electrons. The van der Waals surface area contributed by atoms with E-state index in [1.165, 1.54) is 6.08 Å². The lowest BCUT2D eigenvalue weighted by Gasteiger charge is -2.07. The molecule has 0 unspecified atom stereocenters. The summed E-state index contributed by atoms with van der Waals surface area (Å²) in [5.74, 6) is 0.698. The fourth-order valence-electron chi connectivity index (χ4n) is 2.84. The maximum atomic E-state index is 12.4. The van der Waals surface area contributed by atoms with Gasteiger partial charge in [-0.2, -0.15) is 4.98 Å². The van der Waals surface area contributed by atoms with Crippen LogP contribution in [0.5, 0.6) is 5.75 Å². The van der Waals surface area contributed by atoms with Gasteiger partial charge in [0.2, 0.25) is 11.8 Å². The molecule has 1 amide bonds. The lowest BCUT2D eigenvalue weighted by atomic mass is 10.1. The molecule has 0 aliphatic rings. The number of hydrogen-bond donors (Lipinski definition) is 1. The zero-order valence-corrected chi connectivity index (χ0v) is 18.1. The van der Waals surface area contributed by atoms with E-state index in [-0.39, 0.29) is 5.91 Å². The van der Waals surface area contributed by atoms with Crippen molar-refractivity contribution in [3.63, 3.8) is 0 Å². The Kier molecular flexibility index (Phi) is 5.83. The van der Waals surface area contributed by atoms with Crippen LogP contribution >= 0.6 is 27.5 Å². The zero-order chi connectivity index (χ0) is 21.1. The lowest BCUT2D eigenvalue weighted by molar-refractivity contribution is -0.111. The lowest BCUT2D eigenvalue weighted by Crippen LogP contribution is -2.07. The average Bonchev–Trinajstić information content (AvgIpc) is 3.18. The van der Waals surface area contributed by atoms with Gasteiger partial charge >= 0.3 is 0 Å². The summed E-state index contributed by atoms with van der Waals surface area (Å²) in [5, 5.41) is 3.27. The molecule has 6 nitrogen and oxygen atoms in total. The number of carbonyl (C=O) groups is 1. The fourth-order valence-corrected chi connectivity index (χ4v) is 3.41. The number of oxazole rings is 1. The van der Waals surface area contributed by atoms with Gasteiger partial charge in [-0.15, -0.1) is 0 Å². The predicted molar refractivity (Wildman–Crippen MR) is 121 cm³/mol. The van der Waals surface area contributed by atoms with E-state index < -0.39 is 0 Å². The number of ether oxygens (including phenoxy) is 1. The number of aromatic nitrogens is 2. The molecule has 2 heterocycles. The van der Waals surface area contributed by atoms with Crippen molar-refractivity contribution >= 4 is 56.4 Å². The van der Waals surface area contributed by atoms with E-state index in [1.807, 2.05) is 18.2 Å². The molecule has 0 spiro atoms. The van der Waals surface area contributed by atoms with E-state index in [0.29, 0.717) is 39.1 Å². The molecule has 0 bridgehead atoms. The topological polar surface area (TPSA) is 77.2 Å². The molecule has 30 heavy (non-hydrogen) atoms. The van der Waals surface area contributed by atoms with Crippen LogP contribution < -0.4 is 10.1 Å². The highest BCUT2D eigenvalue weighted by Crippen LogP contribution is 2.32. The van der Waals surface area contributed by atoms with Crippen LogP contribution in [0.1, 0.15) is 5.56 Å². The molecule has 4 rings (SSSR count). The smallest absolute Gasteiger partial charge is 0.248 e. The van der Waals surface area contributed by atoms with Gasteiger partial charge < -0.3 is 14.5 Å². The van der Waals surface area contributed by atoms with Gasteiger partial charge in [-0.1, -0.05) is 27.5 Å². The van der Waals surface area contributed by atoms with E-state index in [4.69, 9.17) is 20.8 Å². The number of halogens is 2. The van der Waals surface area contributed by atoms with Gasteiger partial charge in [-0.05, 0) is 54.6 Å². The van der Waals surface area contributed by atoms with Crippen molar-refractivity contribution in [1.29, 1.82) is 0 Å². The van der Waals surface area contributed by atoms with Crippen LogP contribution in [0.4, 0.5) is 5.69 Å². The van der Waals surface area contributed by atoms with E-state index in [2.05, 4.69) is 31.2 Å². The Morgan fingerprint density at radius 2 is 2.10 bits per heavy atom. The van der Waals surface area contributed by atoms with Gasteiger partial charge in [-0.25, -0.2) is 4.98 Å². The van der Waals surface area contributed by atoms with Crippen LogP contribution in [0.25, 0.3) is 28.8 Å². The van der Waals surface area contributed by atoms with Gasteiger partial charge in [-0.3, -0.25) is 4.79 Å². The third-order valence-corrected chi connectivity index (χ3v) is 5.06. The number of pyridine rings is 1. The Bertz CT molecular complexity index is 1240. The summed E-state index contributed by atoms with van der Waals surface area (Å²) in [6.45, 7) is 0. The first-order valence-electron chi connectivity index (χ1n) is 8.87. The highest BCUT2D eigenvalue weighted by Gasteiger charge is 2.13. The van der Waals surface area contributed by atoms with Crippen molar-refractivity contribution in [3.05, 3.63) is 75.9 Å². The van der Waals surface area contributed by atoms with E-state index in [9.17, 15) is 4.79 Å². The number of hydrogen-bond acceptors (Lipinski definition) is 5. The van der Waals surface area contributed by atoms with Crippen molar-refractivity contribution in [2.75, 3.05) is 12.4 Å². The molecule has 0 radical (unpaired) electrons. The highest BCUT2D eigenvalue weighted by atomic mass is 79.9. The van der Waals surface area contributed by atoms with Gasteiger partial charge in [0.05, 0.1) is 17.7 Å². The Morgan fingerprint density at radius 1 is 1.23 bits per heavy atom. The summed E-state index contributed by atoms with van der Waals surface area (Å²) in [7, 11) is 1.58. The molecule has 0 saturated heterocycles. The van der Waals surface area contributed by atoms with Gasteiger partial charge in [0.1, 0.15) is 5.75 Å². The van der Waals surface area contributed by atoms with Crippen molar-refractivity contribution in [3.8, 4) is 17.2 Å². The van der Waals surface area contributed by atoms with Crippen LogP contribution in [0.2, 0.25) is 5.02 Å². The molecule has 2 aromatic heterocycles. The number of nitrogens with one attached hydrogen (secondary N) is 1. The van der Waals surface area contributed by atoms with Crippen molar-refractivity contribution in [2.45, 2.75) is 0 Å². The van der Waals surface area contributed by atoms with Crippen molar-refractivity contribution in [1.82, 2.24) is 9.97 Å². The molecular weight excluding hydrogens is 470 g/mol. The fraction of sp³-hybridized carbons (Fsp3) is 0.0455. The number of fused-ring (bicyclic) bond motifs is 1. The molecule has 2 aromatic carbocycles. The second kappa shape index (κ2) is 8.69. The normalized spacial score (nSPS) is 11.2. The monoisotopic (exact) mass is 483 g/mol. The number of benzene rings is 2. The molecule has 0 aliphatic carbocycles. The summed E-state index contributed by atoms with van der Waals surface area (Å²) in [5.41, 5.74) is 2.94. The number of carbonyl (C=O) groups excluding carboxylic acids is 1. The SMILES string of the molecule is COc1ccc(Br)cc1/C=C/C(=O)Nc1ccc(Cl)c(-c2nc3ncccc3o2)c1. The maximum Gasteiger partial charge on any atom is 0.248 e. The third-order valence-electron chi connectivity index (χ3n) is 4.24. The van der Waals surface area contributed by atoms with E-state index >= 15 is 0 Å². The molecular formula is C22H15BrClN3O3. The second-order valence-corrected chi connectivity index (χ2v) is 7.57. The largest absolute Gasteiger partial charge is 0.496 e. The Hall–Kier alpha value is -3.16. The zero-order valence-electron chi connectivity index (χ0n) is 15.7. The van der Waals surface area contributed by atoms with E-state index in [0.717, 1.165) is 10.0 Å². The molecule has 8 heteroatoms. The number of nitrogens with zero attached hydrogens (tertiary/aromatic N) is 2. The minimum absolute atomic E-state index is 0.301. The third kappa shape index (κ3) is 4.37. The summed E-state index contributed by atoms with van der Waals surface area (Å²) in [4.78, 5) is 20.9. The standard InChI is InChI=1S/C22H15BrClN3O3/c1-29-18-8-5-14(23)11-13(18)4-9-20(28)26-15-6-7-17(24)16(12-15)22-27-21-19(30-22)3-2-10-25-21/h2-12H,1H3,(H,26,28)/b9-4+. The Balaban J connectivity index is 1.56. The number of amides is 1. The maximum absolute atomic E-state index is 12.4. The van der Waals surface area contributed by atoms with Crippen molar-refractivity contribution in [2.24, 2.45) is 0 Å². The summed E-state index contributed by atoms with van der Waals surface area (Å²) in [6, 6.07) is 14.2. The summed E-state index contributed by atoms with van der Waals surface area (Å²) < 4.78 is 11.9. The minimum atomic E-state index is -0.301. The van der Waals surface area contributed by atoms with Crippen LogP contribution in [0.3, 0.4) is 0 Å². The average molecular weight is 485 g/mol. The summed E-state index contributed by atoms with van der Waals surface area (Å²) in [6.07, 6.45) is 4.75. The van der Waals surface area contributed by atoms with Crippen LogP contribution in [0.15, 0.2) is 69.7 Å². The molecule has 4 aromatic rings. The molecule has 0 atom stereocenters. The molecule has 0 aliphatic heterocycles. The van der Waals surface area contributed by atoms with Crippen LogP contribution in [0, 0.1) is 0 Å². The Labute approximate surface area is 185 Å². The molecule has 0 fully saturated rings. The minimum Gasteiger partial charge on any atom is -0.496 e. The van der Waals surface area contributed by atoms with Gasteiger partial charge in [0.25, 0.3) is 0 Å². The van der Waals surface area contributed by atoms with Crippen LogP contribution in [-0.2, 0) is 4.79 Å². The number of anilines is 1. The number of rotatable bonds is 5. The van der Waals surface area contributed by atoms with Crippen molar-refractivity contribution < 1.29 is 13.9 Å². The predicted octanol–water partition coefficient (Wildman–Crippen LogP) is 5.97. The Morgan fingerprint density at radius 3 is 2.90 bits per heavy atom. The summed E-state index contributed by atoms with van der Waals surface area (Å²) >= 11 is 9.73. The van der Waals surface area contributed by atoms with Gasteiger partial charge in [0.15, 0.2) is 11.2 Å². The molecule has 0 saturated carbocycles. The first-order chi connectivity index (χ1) is 14.5. The first-order valence-corrected chi connectivity index (χ1v) is 10.0. The second-order valence-electron chi connectivity index (χ2n) is 6.25. The van der Waals surface area contributed by atoms with Crippen LogP contribution in [-0.4, -0.2) is 23.0 Å². The molecule has 1 N–H and O–H groups in total. The van der Waals surface area contributed by atoms with E-state index in [1.54, 1.807) is 49.7 Å². The highest BCUT2D eigenvalue weighted by molar-refractivity contribution is 9.10. The quantitative estimate of drug-likeness (QED) is 0.353. The van der Waals surface area contributed by atoms with Gasteiger partial charge in [0, 0.05) is 28.0 Å². The number of methoxy groups -OCH3 is 1. The first kappa shape index (κ1) is 20.1.